The lowest BCUT2D eigenvalue weighted by Gasteiger charge is -2.23. The smallest absolute Gasteiger partial charge is 0.251 e. The average Bonchev–Trinajstić information content (AvgIpc) is 2.42. The maximum absolute atomic E-state index is 12.2. The van der Waals surface area contributed by atoms with Gasteiger partial charge >= 0.3 is 0 Å². The molecule has 0 fully saturated rings. The van der Waals surface area contributed by atoms with Crippen LogP contribution in [0.3, 0.4) is 0 Å². The summed E-state index contributed by atoms with van der Waals surface area (Å²) in [5.41, 5.74) is 6.91. The first-order valence-electron chi connectivity index (χ1n) is 7.38. The largest absolute Gasteiger partial charge is 0.350 e. The number of fused-ring (bicyclic) bond motifs is 1. The number of rotatable bonds is 4. The van der Waals surface area contributed by atoms with Gasteiger partial charge in [-0.1, -0.05) is 51.1 Å². The zero-order valence-corrected chi connectivity index (χ0v) is 13.0. The molecule has 0 saturated carbocycles. The molecule has 112 valence electrons. The van der Waals surface area contributed by atoms with Gasteiger partial charge in [0.1, 0.15) is 0 Å². The van der Waals surface area contributed by atoms with E-state index in [4.69, 9.17) is 5.73 Å². The fourth-order valence-corrected chi connectivity index (χ4v) is 2.52. The van der Waals surface area contributed by atoms with Crippen LogP contribution in [0.15, 0.2) is 42.5 Å². The van der Waals surface area contributed by atoms with E-state index < -0.39 is 0 Å². The number of benzene rings is 2. The monoisotopic (exact) mass is 284 g/mol. The molecule has 2 rings (SSSR count). The first-order valence-corrected chi connectivity index (χ1v) is 7.38. The Morgan fingerprint density at radius 3 is 2.48 bits per heavy atom. The van der Waals surface area contributed by atoms with Gasteiger partial charge < -0.3 is 11.1 Å². The SMILES string of the molecule is CC(C)(C)CC(N)CNC(=O)c1ccc2ccccc2c1. The fraction of sp³-hybridized carbons (Fsp3) is 0.389. The van der Waals surface area contributed by atoms with Gasteiger partial charge in [-0.2, -0.15) is 0 Å². The highest BCUT2D eigenvalue weighted by Crippen LogP contribution is 2.19. The molecule has 3 N–H and O–H groups in total. The highest BCUT2D eigenvalue weighted by molar-refractivity contribution is 5.98. The van der Waals surface area contributed by atoms with Crippen molar-refractivity contribution in [1.29, 1.82) is 0 Å². The number of amides is 1. The summed E-state index contributed by atoms with van der Waals surface area (Å²) in [7, 11) is 0. The third kappa shape index (κ3) is 4.57. The lowest BCUT2D eigenvalue weighted by molar-refractivity contribution is 0.0949. The minimum Gasteiger partial charge on any atom is -0.350 e. The Morgan fingerprint density at radius 2 is 1.81 bits per heavy atom. The number of carbonyl (C=O) groups excluding carboxylic acids is 1. The van der Waals surface area contributed by atoms with Crippen molar-refractivity contribution in [3.05, 3.63) is 48.0 Å². The van der Waals surface area contributed by atoms with Crippen molar-refractivity contribution >= 4 is 16.7 Å². The maximum Gasteiger partial charge on any atom is 0.251 e. The zero-order valence-electron chi connectivity index (χ0n) is 13.0. The summed E-state index contributed by atoms with van der Waals surface area (Å²) in [6.07, 6.45) is 0.880. The van der Waals surface area contributed by atoms with Crippen molar-refractivity contribution in [3.8, 4) is 0 Å². The van der Waals surface area contributed by atoms with Crippen LogP contribution in [0.5, 0.6) is 0 Å². The van der Waals surface area contributed by atoms with Crippen LogP contribution in [-0.2, 0) is 0 Å². The molecule has 0 aliphatic rings. The second-order valence-corrected chi connectivity index (χ2v) is 6.80. The standard InChI is InChI=1S/C18H24N2O/c1-18(2,3)11-16(19)12-20-17(21)15-9-8-13-6-4-5-7-14(13)10-15/h4-10,16H,11-12,19H2,1-3H3,(H,20,21). The number of nitrogens with one attached hydrogen (secondary N) is 1. The summed E-state index contributed by atoms with van der Waals surface area (Å²) >= 11 is 0. The highest BCUT2D eigenvalue weighted by Gasteiger charge is 2.16. The molecule has 3 nitrogen and oxygen atoms in total. The molecule has 0 saturated heterocycles. The first kappa shape index (κ1) is 15.5. The van der Waals surface area contributed by atoms with Crippen LogP contribution < -0.4 is 11.1 Å². The molecule has 0 heterocycles. The van der Waals surface area contributed by atoms with Crippen LogP contribution in [0, 0.1) is 5.41 Å². The maximum atomic E-state index is 12.2. The first-order chi connectivity index (χ1) is 9.85. The Balaban J connectivity index is 1.99. The van der Waals surface area contributed by atoms with Gasteiger partial charge in [0.25, 0.3) is 5.91 Å². The normalized spacial score (nSPS) is 13.1. The fourth-order valence-electron chi connectivity index (χ4n) is 2.52. The third-order valence-corrected chi connectivity index (χ3v) is 3.41. The zero-order chi connectivity index (χ0) is 15.5. The van der Waals surface area contributed by atoms with E-state index in [1.807, 2.05) is 42.5 Å². The Bertz CT molecular complexity index is 628. The van der Waals surface area contributed by atoms with Gasteiger partial charge in [-0.3, -0.25) is 4.79 Å². The van der Waals surface area contributed by atoms with Crippen molar-refractivity contribution in [2.45, 2.75) is 33.2 Å². The Kier molecular flexibility index (Phi) is 4.63. The van der Waals surface area contributed by atoms with Crippen LogP contribution in [-0.4, -0.2) is 18.5 Å². The van der Waals surface area contributed by atoms with Gasteiger partial charge in [-0.25, -0.2) is 0 Å². The molecular weight excluding hydrogens is 260 g/mol. The van der Waals surface area contributed by atoms with E-state index in [-0.39, 0.29) is 17.4 Å². The summed E-state index contributed by atoms with van der Waals surface area (Å²) in [6, 6.07) is 13.7. The van der Waals surface area contributed by atoms with Crippen LogP contribution >= 0.6 is 0 Å². The van der Waals surface area contributed by atoms with Crippen molar-refractivity contribution in [1.82, 2.24) is 5.32 Å². The van der Waals surface area contributed by atoms with E-state index >= 15 is 0 Å². The molecule has 2 aromatic carbocycles. The van der Waals surface area contributed by atoms with Gasteiger partial charge in [0.15, 0.2) is 0 Å². The summed E-state index contributed by atoms with van der Waals surface area (Å²) in [5, 5.41) is 5.13. The van der Waals surface area contributed by atoms with E-state index in [9.17, 15) is 4.79 Å². The molecule has 21 heavy (non-hydrogen) atoms. The highest BCUT2D eigenvalue weighted by atomic mass is 16.1. The van der Waals surface area contributed by atoms with E-state index in [2.05, 4.69) is 26.1 Å². The van der Waals surface area contributed by atoms with Crippen LogP contribution in [0.2, 0.25) is 0 Å². The summed E-state index contributed by atoms with van der Waals surface area (Å²) in [4.78, 5) is 12.2. The second-order valence-electron chi connectivity index (χ2n) is 6.80. The molecule has 0 aliphatic carbocycles. The summed E-state index contributed by atoms with van der Waals surface area (Å²) in [5.74, 6) is -0.0647. The molecule has 0 bridgehead atoms. The molecule has 1 amide bonds. The molecular formula is C18H24N2O. The number of carbonyl (C=O) groups is 1. The molecule has 1 unspecified atom stereocenters. The lowest BCUT2D eigenvalue weighted by atomic mass is 9.88. The molecule has 0 aliphatic heterocycles. The molecule has 0 aromatic heterocycles. The van der Waals surface area contributed by atoms with Gasteiger partial charge in [0.05, 0.1) is 0 Å². The molecule has 3 heteroatoms. The van der Waals surface area contributed by atoms with Gasteiger partial charge in [0.2, 0.25) is 0 Å². The predicted octanol–water partition coefficient (Wildman–Crippen LogP) is 3.33. The van der Waals surface area contributed by atoms with Gasteiger partial charge in [-0.05, 0) is 34.7 Å². The van der Waals surface area contributed by atoms with Crippen molar-refractivity contribution in [2.24, 2.45) is 11.1 Å². The number of hydrogen-bond acceptors (Lipinski definition) is 2. The van der Waals surface area contributed by atoms with E-state index in [1.54, 1.807) is 0 Å². The number of hydrogen-bond donors (Lipinski definition) is 2. The Morgan fingerprint density at radius 1 is 1.14 bits per heavy atom. The topological polar surface area (TPSA) is 55.1 Å². The second kappa shape index (κ2) is 6.27. The Labute approximate surface area is 126 Å². The van der Waals surface area contributed by atoms with Crippen molar-refractivity contribution in [3.63, 3.8) is 0 Å². The Hall–Kier alpha value is -1.87. The minimum atomic E-state index is -0.0647. The van der Waals surface area contributed by atoms with Crippen LogP contribution in [0.4, 0.5) is 0 Å². The van der Waals surface area contributed by atoms with Crippen LogP contribution in [0.25, 0.3) is 10.8 Å². The third-order valence-electron chi connectivity index (χ3n) is 3.41. The van der Waals surface area contributed by atoms with Crippen molar-refractivity contribution in [2.75, 3.05) is 6.54 Å². The van der Waals surface area contributed by atoms with Crippen molar-refractivity contribution < 1.29 is 4.79 Å². The van der Waals surface area contributed by atoms with Gasteiger partial charge in [-0.15, -0.1) is 0 Å². The minimum absolute atomic E-state index is 0.0191. The van der Waals surface area contributed by atoms with Gasteiger partial charge in [0, 0.05) is 18.2 Å². The molecule has 0 spiro atoms. The number of nitrogens with two attached hydrogens (primary N) is 1. The predicted molar refractivity (Wildman–Crippen MR) is 88.3 cm³/mol. The average molecular weight is 284 g/mol. The lowest BCUT2D eigenvalue weighted by Crippen LogP contribution is -2.39. The summed E-state index contributed by atoms with van der Waals surface area (Å²) < 4.78 is 0. The quantitative estimate of drug-likeness (QED) is 0.904. The van der Waals surface area contributed by atoms with E-state index in [1.165, 1.54) is 0 Å². The molecule has 2 aromatic rings. The van der Waals surface area contributed by atoms with E-state index in [0.29, 0.717) is 12.1 Å². The van der Waals surface area contributed by atoms with E-state index in [0.717, 1.165) is 17.2 Å². The van der Waals surface area contributed by atoms with Crippen LogP contribution in [0.1, 0.15) is 37.6 Å². The molecule has 0 radical (unpaired) electrons. The molecule has 1 atom stereocenters. The summed E-state index contributed by atoms with van der Waals surface area (Å²) in [6.45, 7) is 6.96.